The fourth-order valence-corrected chi connectivity index (χ4v) is 8.70. The third-order valence-electron chi connectivity index (χ3n) is 10.9. The minimum atomic E-state index is -1.02. The number of rotatable bonds is 11. The van der Waals surface area contributed by atoms with Crippen LogP contribution in [0.2, 0.25) is 10.0 Å². The summed E-state index contributed by atoms with van der Waals surface area (Å²) in [4.78, 5) is 29.1. The highest BCUT2D eigenvalue weighted by molar-refractivity contribution is 6.35. The number of aryl methyl sites for hydroxylation is 6. The number of benzene rings is 4. The third kappa shape index (κ3) is 6.62. The van der Waals surface area contributed by atoms with Gasteiger partial charge in [-0.1, -0.05) is 29.3 Å². The highest BCUT2D eigenvalue weighted by Crippen LogP contribution is 2.47. The number of aromatic nitrogens is 2. The molecule has 9 nitrogen and oxygen atoms in total. The van der Waals surface area contributed by atoms with Crippen molar-refractivity contribution in [1.82, 2.24) is 9.13 Å². The van der Waals surface area contributed by atoms with Gasteiger partial charge >= 0.3 is 5.97 Å². The fraction of sp³-hybridized carbons (Fsp3) is 0.318. The van der Waals surface area contributed by atoms with E-state index in [0.717, 1.165) is 77.2 Å². The maximum Gasteiger partial charge on any atom is 0.335 e. The average Bonchev–Trinajstić information content (AvgIpc) is 3.60. The van der Waals surface area contributed by atoms with Crippen molar-refractivity contribution in [3.63, 3.8) is 0 Å². The Balaban J connectivity index is 1.40. The molecular formula is C44H45Cl2N3O6. The molecule has 1 N–H and O–H groups in total. The Bertz CT molecular complexity index is 2490. The van der Waals surface area contributed by atoms with E-state index in [1.54, 1.807) is 19.2 Å². The number of fused-ring (bicyclic) bond motifs is 4. The highest BCUT2D eigenvalue weighted by atomic mass is 35.5. The number of carboxylic acids is 1. The van der Waals surface area contributed by atoms with Gasteiger partial charge in [-0.3, -0.25) is 4.79 Å². The first-order chi connectivity index (χ1) is 26.2. The molecule has 4 aromatic carbocycles. The minimum absolute atomic E-state index is 0.134. The van der Waals surface area contributed by atoms with E-state index < -0.39 is 5.97 Å². The van der Waals surface area contributed by atoms with Crippen LogP contribution in [0.25, 0.3) is 32.9 Å². The van der Waals surface area contributed by atoms with E-state index >= 15 is 4.79 Å². The molecule has 2 aromatic heterocycles. The van der Waals surface area contributed by atoms with Crippen LogP contribution in [0.4, 0.5) is 5.69 Å². The summed E-state index contributed by atoms with van der Waals surface area (Å²) in [6.45, 7) is 13.0. The molecule has 55 heavy (non-hydrogen) atoms. The van der Waals surface area contributed by atoms with Crippen LogP contribution >= 0.6 is 23.2 Å². The van der Waals surface area contributed by atoms with E-state index in [1.807, 2.05) is 93.6 Å². The van der Waals surface area contributed by atoms with Gasteiger partial charge in [-0.2, -0.15) is 0 Å². The number of anilines is 1. The summed E-state index contributed by atoms with van der Waals surface area (Å²) >= 11 is 13.6. The Morgan fingerprint density at radius 3 is 2.18 bits per heavy atom. The standard InChI is InChI=1S/C44H45Cl2N3O6/c1-23-16-31(55-22-53-8)17-24(2)37(23)38-35(45)13-12-33-32(10-9-15-54-30-18-25(3)39(46)26(4)19-30)42-43(50)48(21-27(5)49(42)41(33)38)40-28(6)47(7)36-14-11-29(44(51)52)20-34(36)40/h11-14,16-20,27H,9-10,15,21-22H2,1-8H3,(H,51,52). The molecule has 3 heterocycles. The van der Waals surface area contributed by atoms with E-state index in [-0.39, 0.29) is 24.3 Å². The van der Waals surface area contributed by atoms with Gasteiger partial charge < -0.3 is 33.4 Å². The number of carbonyl (C=O) groups excluding carboxylic acids is 1. The highest BCUT2D eigenvalue weighted by Gasteiger charge is 2.38. The van der Waals surface area contributed by atoms with E-state index in [9.17, 15) is 9.90 Å². The second kappa shape index (κ2) is 14.9. The molecule has 11 heteroatoms. The topological polar surface area (TPSA) is 95.2 Å². The zero-order chi connectivity index (χ0) is 39.5. The van der Waals surface area contributed by atoms with E-state index in [1.165, 1.54) is 0 Å². The lowest BCUT2D eigenvalue weighted by Crippen LogP contribution is -2.43. The SMILES string of the molecule is COCOc1cc(C)c(-c2c(Cl)ccc3c(CCCOc4cc(C)c(Cl)c(C)c4)c4n(c23)C(C)CN(c2c(C)n(C)c3ccc(C(=O)O)cc23)C4=O)c(C)c1. The summed E-state index contributed by atoms with van der Waals surface area (Å²) in [5.74, 6) is 0.284. The van der Waals surface area contributed by atoms with Crippen LogP contribution in [0.5, 0.6) is 11.5 Å². The van der Waals surface area contributed by atoms with Crippen molar-refractivity contribution in [3.05, 3.63) is 109 Å². The molecule has 1 aliphatic heterocycles. The van der Waals surface area contributed by atoms with E-state index in [2.05, 4.69) is 11.5 Å². The molecule has 0 radical (unpaired) electrons. The second-order valence-electron chi connectivity index (χ2n) is 14.6. The predicted molar refractivity (Wildman–Crippen MR) is 220 cm³/mol. The molecule has 0 saturated heterocycles. The van der Waals surface area contributed by atoms with Crippen molar-refractivity contribution < 1.29 is 28.9 Å². The Labute approximate surface area is 330 Å². The second-order valence-corrected chi connectivity index (χ2v) is 15.4. The van der Waals surface area contributed by atoms with E-state index in [0.29, 0.717) is 48.1 Å². The summed E-state index contributed by atoms with van der Waals surface area (Å²) in [6.07, 6.45) is 1.21. The molecule has 7 rings (SSSR count). The van der Waals surface area contributed by atoms with Crippen molar-refractivity contribution in [2.24, 2.45) is 7.05 Å². The zero-order valence-electron chi connectivity index (χ0n) is 32.4. The molecule has 0 bridgehead atoms. The fourth-order valence-electron chi connectivity index (χ4n) is 8.34. The van der Waals surface area contributed by atoms with Crippen LogP contribution in [-0.2, 0) is 18.2 Å². The number of carbonyl (C=O) groups is 2. The summed E-state index contributed by atoms with van der Waals surface area (Å²) < 4.78 is 21.4. The number of halogens is 2. The Kier molecular flexibility index (Phi) is 10.4. The normalized spacial score (nSPS) is 14.3. The van der Waals surface area contributed by atoms with Gasteiger partial charge in [-0.05, 0) is 136 Å². The molecule has 286 valence electrons. The van der Waals surface area contributed by atoms with Crippen LogP contribution in [0, 0.1) is 34.6 Å². The lowest BCUT2D eigenvalue weighted by molar-refractivity contribution is 0.0510. The number of ether oxygens (including phenoxy) is 3. The molecule has 0 aliphatic carbocycles. The van der Waals surface area contributed by atoms with Crippen molar-refractivity contribution in [3.8, 4) is 22.6 Å². The van der Waals surface area contributed by atoms with Crippen LogP contribution < -0.4 is 14.4 Å². The number of hydrogen-bond donors (Lipinski definition) is 1. The first kappa shape index (κ1) is 38.3. The summed E-state index contributed by atoms with van der Waals surface area (Å²) in [5, 5.41) is 12.9. The average molecular weight is 783 g/mol. The van der Waals surface area contributed by atoms with Gasteiger partial charge in [-0.15, -0.1) is 0 Å². The van der Waals surface area contributed by atoms with Gasteiger partial charge in [-0.25, -0.2) is 4.79 Å². The number of aromatic carboxylic acids is 1. The van der Waals surface area contributed by atoms with Crippen LogP contribution in [0.1, 0.15) is 73.7 Å². The van der Waals surface area contributed by atoms with Gasteiger partial charge in [0, 0.05) is 53.8 Å². The largest absolute Gasteiger partial charge is 0.494 e. The maximum absolute atomic E-state index is 15.2. The molecule has 1 amide bonds. The first-order valence-corrected chi connectivity index (χ1v) is 19.1. The summed E-state index contributed by atoms with van der Waals surface area (Å²) in [5.41, 5.74) is 10.8. The van der Waals surface area contributed by atoms with Crippen LogP contribution in [-0.4, -0.2) is 53.2 Å². The van der Waals surface area contributed by atoms with Gasteiger partial charge in [0.1, 0.15) is 17.2 Å². The Hall–Kier alpha value is -4.96. The quantitative estimate of drug-likeness (QED) is 0.104. The predicted octanol–water partition coefficient (Wildman–Crippen LogP) is 10.6. The van der Waals surface area contributed by atoms with Gasteiger partial charge in [0.2, 0.25) is 0 Å². The summed E-state index contributed by atoms with van der Waals surface area (Å²) in [6, 6.07) is 16.7. The van der Waals surface area contributed by atoms with Crippen molar-refractivity contribution in [2.75, 3.05) is 32.0 Å². The number of methoxy groups -OCH3 is 1. The van der Waals surface area contributed by atoms with Crippen LogP contribution in [0.3, 0.4) is 0 Å². The maximum atomic E-state index is 15.2. The minimum Gasteiger partial charge on any atom is -0.494 e. The Morgan fingerprint density at radius 1 is 0.873 bits per heavy atom. The lowest BCUT2D eigenvalue weighted by Gasteiger charge is -2.34. The molecule has 0 fully saturated rings. The molecule has 1 aliphatic rings. The number of nitrogens with zero attached hydrogens (tertiary/aromatic N) is 3. The molecule has 1 unspecified atom stereocenters. The Morgan fingerprint density at radius 2 is 1.53 bits per heavy atom. The molecule has 6 aromatic rings. The summed E-state index contributed by atoms with van der Waals surface area (Å²) in [7, 11) is 3.53. The third-order valence-corrected chi connectivity index (χ3v) is 11.8. The van der Waals surface area contributed by atoms with Crippen molar-refractivity contribution >= 4 is 62.6 Å². The van der Waals surface area contributed by atoms with E-state index in [4.69, 9.17) is 37.4 Å². The number of hydrogen-bond acceptors (Lipinski definition) is 5. The first-order valence-electron chi connectivity index (χ1n) is 18.4. The van der Waals surface area contributed by atoms with Crippen molar-refractivity contribution in [2.45, 2.75) is 60.4 Å². The molecule has 1 atom stereocenters. The van der Waals surface area contributed by atoms with Gasteiger partial charge in [0.15, 0.2) is 6.79 Å². The monoisotopic (exact) mass is 781 g/mol. The smallest absolute Gasteiger partial charge is 0.335 e. The zero-order valence-corrected chi connectivity index (χ0v) is 33.9. The molecular weight excluding hydrogens is 737 g/mol. The van der Waals surface area contributed by atoms with Crippen LogP contribution in [0.15, 0.2) is 54.6 Å². The number of carboxylic acid groups (broad SMARTS) is 1. The van der Waals surface area contributed by atoms with Crippen molar-refractivity contribution in [1.29, 1.82) is 0 Å². The number of amides is 1. The van der Waals surface area contributed by atoms with Gasteiger partial charge in [0.05, 0.1) is 33.9 Å². The lowest BCUT2D eigenvalue weighted by atomic mass is 9.93. The molecule has 0 saturated carbocycles. The molecule has 0 spiro atoms. The van der Waals surface area contributed by atoms with Gasteiger partial charge in [0.25, 0.3) is 5.91 Å².